The molecule has 4 nitrogen and oxygen atoms in total. The summed E-state index contributed by atoms with van der Waals surface area (Å²) in [4.78, 5) is 11.7. The highest BCUT2D eigenvalue weighted by Gasteiger charge is 2.41. The SMILES string of the molecule is CCCCC(C)/C=C/C=C(\C)[C@H]1O[C@H](OC)[C@@H](/C=C(C)/C=C/C(OC)C(C)C(C)=O)[C@@H]1C. The lowest BCUT2D eigenvalue weighted by molar-refractivity contribution is -0.123. The predicted molar refractivity (Wildman–Crippen MR) is 133 cm³/mol. The van der Waals surface area contributed by atoms with Crippen LogP contribution in [0.4, 0.5) is 0 Å². The van der Waals surface area contributed by atoms with E-state index in [1.165, 1.54) is 24.8 Å². The van der Waals surface area contributed by atoms with Crippen molar-refractivity contribution in [1.29, 1.82) is 0 Å². The number of unbranched alkanes of at least 4 members (excludes halogenated alkanes) is 1. The third-order valence-corrected chi connectivity index (χ3v) is 6.58. The molecule has 4 heteroatoms. The van der Waals surface area contributed by atoms with E-state index < -0.39 is 0 Å². The smallest absolute Gasteiger partial charge is 0.164 e. The van der Waals surface area contributed by atoms with Crippen molar-refractivity contribution in [2.24, 2.45) is 23.7 Å². The van der Waals surface area contributed by atoms with Gasteiger partial charge in [-0.05, 0) is 44.6 Å². The molecule has 32 heavy (non-hydrogen) atoms. The average molecular weight is 447 g/mol. The van der Waals surface area contributed by atoms with Crippen molar-refractivity contribution in [1.82, 2.24) is 0 Å². The van der Waals surface area contributed by atoms with Crippen molar-refractivity contribution < 1.29 is 19.0 Å². The number of carbonyl (C=O) groups is 1. The molecule has 0 spiro atoms. The molecule has 0 bridgehead atoms. The second kappa shape index (κ2) is 14.6. The molecule has 0 saturated carbocycles. The number of ketones is 1. The van der Waals surface area contributed by atoms with Crippen LogP contribution in [0.2, 0.25) is 0 Å². The van der Waals surface area contributed by atoms with Crippen molar-refractivity contribution in [3.63, 3.8) is 0 Å². The number of carbonyl (C=O) groups excluding carboxylic acids is 1. The quantitative estimate of drug-likeness (QED) is 0.296. The summed E-state index contributed by atoms with van der Waals surface area (Å²) < 4.78 is 17.4. The number of hydrogen-bond donors (Lipinski definition) is 0. The van der Waals surface area contributed by atoms with Gasteiger partial charge in [0.1, 0.15) is 5.78 Å². The van der Waals surface area contributed by atoms with Gasteiger partial charge >= 0.3 is 0 Å². The molecule has 0 aromatic heterocycles. The molecule has 7 atom stereocenters. The fourth-order valence-electron chi connectivity index (χ4n) is 4.17. The lowest BCUT2D eigenvalue weighted by Gasteiger charge is -2.18. The second-order valence-electron chi connectivity index (χ2n) is 9.38. The van der Waals surface area contributed by atoms with Gasteiger partial charge in [0, 0.05) is 26.1 Å². The van der Waals surface area contributed by atoms with Gasteiger partial charge in [0.15, 0.2) is 6.29 Å². The number of rotatable bonds is 13. The molecule has 1 aliphatic rings. The number of Topliss-reactive ketones (excluding diaryl/α,β-unsaturated/α-hetero) is 1. The minimum absolute atomic E-state index is 0.0260. The van der Waals surface area contributed by atoms with E-state index >= 15 is 0 Å². The van der Waals surface area contributed by atoms with Crippen LogP contribution in [-0.4, -0.2) is 38.5 Å². The predicted octanol–water partition coefficient (Wildman–Crippen LogP) is 6.68. The Morgan fingerprint density at radius 1 is 1.12 bits per heavy atom. The first-order valence-corrected chi connectivity index (χ1v) is 12.1. The fraction of sp³-hybridized carbons (Fsp3) is 0.679. The normalized spacial score (nSPS) is 27.9. The van der Waals surface area contributed by atoms with Gasteiger partial charge in [0.05, 0.1) is 12.2 Å². The third kappa shape index (κ3) is 8.80. The maximum atomic E-state index is 11.7. The molecule has 3 unspecified atom stereocenters. The van der Waals surface area contributed by atoms with Crippen LogP contribution in [0.5, 0.6) is 0 Å². The largest absolute Gasteiger partial charge is 0.377 e. The molecular formula is C28H46O4. The zero-order chi connectivity index (χ0) is 24.3. The van der Waals surface area contributed by atoms with Gasteiger partial charge in [0.2, 0.25) is 0 Å². The van der Waals surface area contributed by atoms with E-state index in [9.17, 15) is 4.79 Å². The molecule has 1 fully saturated rings. The molecule has 1 saturated heterocycles. The standard InChI is InChI=1S/C28H46O4/c1-10-11-13-19(2)14-12-15-21(4)27-23(6)25(28(31-9)32-27)18-20(3)16-17-26(30-8)22(5)24(7)29/h12,14-19,22-23,25-28H,10-11,13H2,1-9H3/b14-12+,17-16+,20-18+,21-15+/t19?,22?,23-,25-,26?,27+,28-/m0/s1. The lowest BCUT2D eigenvalue weighted by atomic mass is 9.87. The Kier molecular flexibility index (Phi) is 13.0. The molecule has 0 N–H and O–H groups in total. The Morgan fingerprint density at radius 2 is 1.81 bits per heavy atom. The summed E-state index contributed by atoms with van der Waals surface area (Å²) in [5.41, 5.74) is 2.33. The first-order valence-electron chi connectivity index (χ1n) is 12.1. The summed E-state index contributed by atoms with van der Waals surface area (Å²) >= 11 is 0. The van der Waals surface area contributed by atoms with Crippen molar-refractivity contribution in [2.45, 2.75) is 86.2 Å². The number of allylic oxidation sites excluding steroid dienone is 5. The molecule has 0 radical (unpaired) electrons. The highest BCUT2D eigenvalue weighted by Crippen LogP contribution is 2.38. The van der Waals surface area contributed by atoms with Gasteiger partial charge in [-0.3, -0.25) is 4.79 Å². The van der Waals surface area contributed by atoms with Gasteiger partial charge < -0.3 is 14.2 Å². The van der Waals surface area contributed by atoms with Gasteiger partial charge in [0.25, 0.3) is 0 Å². The van der Waals surface area contributed by atoms with E-state index in [0.29, 0.717) is 11.8 Å². The fourth-order valence-corrected chi connectivity index (χ4v) is 4.17. The maximum Gasteiger partial charge on any atom is 0.164 e. The first kappa shape index (κ1) is 28.5. The summed E-state index contributed by atoms with van der Waals surface area (Å²) in [5.74, 6) is 0.995. The molecule has 0 aromatic rings. The lowest BCUT2D eigenvalue weighted by Crippen LogP contribution is -2.24. The number of hydrogen-bond acceptors (Lipinski definition) is 4. The van der Waals surface area contributed by atoms with Crippen molar-refractivity contribution in [2.75, 3.05) is 14.2 Å². The van der Waals surface area contributed by atoms with Gasteiger partial charge in [-0.15, -0.1) is 0 Å². The summed E-state index contributed by atoms with van der Waals surface area (Å²) in [5, 5.41) is 0. The van der Waals surface area contributed by atoms with Crippen LogP contribution in [0, 0.1) is 23.7 Å². The van der Waals surface area contributed by atoms with Crippen LogP contribution < -0.4 is 0 Å². The highest BCUT2D eigenvalue weighted by molar-refractivity contribution is 5.78. The summed E-state index contributed by atoms with van der Waals surface area (Å²) in [6.07, 6.45) is 16.1. The molecular weight excluding hydrogens is 400 g/mol. The molecule has 1 aliphatic heterocycles. The Labute approximate surface area is 196 Å². The van der Waals surface area contributed by atoms with E-state index in [-0.39, 0.29) is 36.1 Å². The maximum absolute atomic E-state index is 11.7. The highest BCUT2D eigenvalue weighted by atomic mass is 16.7. The Bertz CT molecular complexity index is 688. The van der Waals surface area contributed by atoms with Crippen LogP contribution in [0.25, 0.3) is 0 Å². The molecule has 1 heterocycles. The van der Waals surface area contributed by atoms with E-state index in [0.717, 1.165) is 5.57 Å². The first-order chi connectivity index (χ1) is 15.2. The van der Waals surface area contributed by atoms with Crippen molar-refractivity contribution >= 4 is 5.78 Å². The molecule has 1 rings (SSSR count). The van der Waals surface area contributed by atoms with E-state index in [4.69, 9.17) is 14.2 Å². The Hall–Kier alpha value is -1.49. The molecule has 0 aromatic carbocycles. The molecule has 0 aliphatic carbocycles. The summed E-state index contributed by atoms with van der Waals surface area (Å²) in [6, 6.07) is 0. The van der Waals surface area contributed by atoms with Gasteiger partial charge in [-0.2, -0.15) is 0 Å². The average Bonchev–Trinajstić information content (AvgIpc) is 3.07. The monoisotopic (exact) mass is 446 g/mol. The van der Waals surface area contributed by atoms with Crippen LogP contribution >= 0.6 is 0 Å². The molecule has 0 amide bonds. The van der Waals surface area contributed by atoms with Crippen LogP contribution in [-0.2, 0) is 19.0 Å². The van der Waals surface area contributed by atoms with Crippen molar-refractivity contribution in [3.05, 3.63) is 47.6 Å². The number of methoxy groups -OCH3 is 2. The van der Waals surface area contributed by atoms with E-state index in [1.54, 1.807) is 21.1 Å². The van der Waals surface area contributed by atoms with Crippen LogP contribution in [0.15, 0.2) is 47.6 Å². The molecule has 182 valence electrons. The van der Waals surface area contributed by atoms with Crippen LogP contribution in [0.1, 0.15) is 67.7 Å². The summed E-state index contributed by atoms with van der Waals surface area (Å²) in [7, 11) is 3.34. The Balaban J connectivity index is 2.89. The van der Waals surface area contributed by atoms with Gasteiger partial charge in [-0.25, -0.2) is 0 Å². The minimum atomic E-state index is -0.275. The van der Waals surface area contributed by atoms with Gasteiger partial charge in [-0.1, -0.05) is 82.6 Å². The zero-order valence-corrected chi connectivity index (χ0v) is 21.8. The Morgan fingerprint density at radius 3 is 2.38 bits per heavy atom. The third-order valence-electron chi connectivity index (χ3n) is 6.58. The summed E-state index contributed by atoms with van der Waals surface area (Å²) in [6.45, 7) is 14.4. The topological polar surface area (TPSA) is 44.8 Å². The van der Waals surface area contributed by atoms with E-state index in [1.807, 2.05) is 19.1 Å². The van der Waals surface area contributed by atoms with Crippen LogP contribution in [0.3, 0.4) is 0 Å². The minimum Gasteiger partial charge on any atom is -0.377 e. The zero-order valence-electron chi connectivity index (χ0n) is 21.8. The van der Waals surface area contributed by atoms with Crippen molar-refractivity contribution in [3.8, 4) is 0 Å². The van der Waals surface area contributed by atoms with E-state index in [2.05, 4.69) is 58.9 Å². The number of ether oxygens (including phenoxy) is 3. The second-order valence-corrected chi connectivity index (χ2v) is 9.38.